The Morgan fingerprint density at radius 2 is 0.890 bits per heavy atom. The van der Waals surface area contributed by atoms with E-state index in [1.165, 1.54) is 77.0 Å². The van der Waals surface area contributed by atoms with Crippen LogP contribution >= 0.6 is 0 Å². The summed E-state index contributed by atoms with van der Waals surface area (Å²) in [7, 11) is 0. The summed E-state index contributed by atoms with van der Waals surface area (Å²) >= 11 is 0. The number of allylic oxidation sites excluding steroid dienone is 12. The van der Waals surface area contributed by atoms with Crippen LogP contribution in [0.15, 0.2) is 72.9 Å². The van der Waals surface area contributed by atoms with Crippen molar-refractivity contribution in [3.05, 3.63) is 72.9 Å². The standard InChI is InChI=1S/C59H102O14/c1-3-5-7-9-11-13-15-17-19-21-22-23-24-25-27-29-31-33-35-37-39-41-43-68-45-48(71-51(61)42-40-38-36-34-32-30-28-26-20-18-16-14-12-10-8-6-4-2)46-69-58-57(67)55(65)53(63)50(73-58)47-70-59-56(66)54(64)52(62)49(44-60)72-59/h6,8,12,14-15,17-18,20-22,24-25,48-50,52-60,62-67H,3-5,7,9-11,13,16,19,23,26-47H2,1-2H3/b8-6-,14-12-,17-15-,20-18-,22-21-,25-24-. The first kappa shape index (κ1) is 66.5. The number of esters is 1. The Labute approximate surface area is 440 Å². The van der Waals surface area contributed by atoms with Crippen molar-refractivity contribution in [2.75, 3.05) is 33.0 Å². The average molecular weight is 1040 g/mol. The highest BCUT2D eigenvalue weighted by Crippen LogP contribution is 2.26. The molecule has 2 saturated heterocycles. The quantitative estimate of drug-likeness (QED) is 0.0172. The number of carbonyl (C=O) groups is 1. The molecule has 2 heterocycles. The van der Waals surface area contributed by atoms with Gasteiger partial charge in [0, 0.05) is 13.0 Å². The monoisotopic (exact) mass is 1030 g/mol. The second kappa shape index (κ2) is 45.6. The van der Waals surface area contributed by atoms with E-state index in [9.17, 15) is 40.5 Å². The van der Waals surface area contributed by atoms with Gasteiger partial charge in [-0.15, -0.1) is 0 Å². The van der Waals surface area contributed by atoms with Gasteiger partial charge in [0.25, 0.3) is 0 Å². The molecular formula is C59H102O14. The number of aliphatic hydroxyl groups is 7. The molecule has 11 unspecified atom stereocenters. The number of hydrogen-bond donors (Lipinski definition) is 7. The van der Waals surface area contributed by atoms with Crippen molar-refractivity contribution in [3.8, 4) is 0 Å². The maximum absolute atomic E-state index is 13.1. The van der Waals surface area contributed by atoms with Crippen LogP contribution in [0, 0.1) is 0 Å². The molecule has 73 heavy (non-hydrogen) atoms. The molecular weight excluding hydrogens is 933 g/mol. The second-order valence-corrected chi connectivity index (χ2v) is 19.7. The molecule has 2 aliphatic rings. The zero-order chi connectivity index (χ0) is 53.0. The predicted octanol–water partition coefficient (Wildman–Crippen LogP) is 9.86. The Bertz CT molecular complexity index is 1480. The van der Waals surface area contributed by atoms with E-state index in [2.05, 4.69) is 86.8 Å². The summed E-state index contributed by atoms with van der Waals surface area (Å²) in [5.74, 6) is -0.392. The van der Waals surface area contributed by atoms with Gasteiger partial charge in [-0.1, -0.05) is 177 Å². The van der Waals surface area contributed by atoms with Crippen molar-refractivity contribution in [1.82, 2.24) is 0 Å². The van der Waals surface area contributed by atoms with Crippen LogP contribution < -0.4 is 0 Å². The molecule has 0 aliphatic carbocycles. The van der Waals surface area contributed by atoms with Crippen LogP contribution in [0.5, 0.6) is 0 Å². The van der Waals surface area contributed by atoms with Gasteiger partial charge < -0.3 is 64.2 Å². The van der Waals surface area contributed by atoms with Gasteiger partial charge in [-0.05, 0) is 83.5 Å². The van der Waals surface area contributed by atoms with Crippen molar-refractivity contribution < 1.29 is 69.0 Å². The topological polar surface area (TPSA) is 214 Å². The van der Waals surface area contributed by atoms with E-state index in [0.29, 0.717) is 13.0 Å². The third-order valence-corrected chi connectivity index (χ3v) is 13.2. The normalized spacial score (nSPS) is 25.5. The fourth-order valence-electron chi connectivity index (χ4n) is 8.60. The molecule has 0 aromatic rings. The zero-order valence-corrected chi connectivity index (χ0v) is 45.1. The molecule has 2 fully saturated rings. The predicted molar refractivity (Wildman–Crippen MR) is 289 cm³/mol. The maximum Gasteiger partial charge on any atom is 0.306 e. The molecule has 0 saturated carbocycles. The van der Waals surface area contributed by atoms with E-state index < -0.39 is 86.7 Å². The number of ether oxygens (including phenoxy) is 6. The van der Waals surface area contributed by atoms with Crippen LogP contribution in [-0.2, 0) is 33.2 Å². The van der Waals surface area contributed by atoms with Crippen molar-refractivity contribution >= 4 is 5.97 Å². The van der Waals surface area contributed by atoms with Gasteiger partial charge in [-0.2, -0.15) is 0 Å². The number of aliphatic hydroxyl groups excluding tert-OH is 7. The Morgan fingerprint density at radius 3 is 1.40 bits per heavy atom. The van der Waals surface area contributed by atoms with Gasteiger partial charge in [0.1, 0.15) is 54.9 Å². The minimum absolute atomic E-state index is 0.0472. The molecule has 0 radical (unpaired) electrons. The van der Waals surface area contributed by atoms with Crippen LogP contribution in [0.4, 0.5) is 0 Å². The van der Waals surface area contributed by atoms with Crippen LogP contribution in [0.3, 0.4) is 0 Å². The van der Waals surface area contributed by atoms with Crippen LogP contribution in [0.25, 0.3) is 0 Å². The van der Waals surface area contributed by atoms with Crippen LogP contribution in [0.1, 0.15) is 194 Å². The third kappa shape index (κ3) is 32.6. The molecule has 0 amide bonds. The minimum atomic E-state index is -1.71. The summed E-state index contributed by atoms with van der Waals surface area (Å²) in [4.78, 5) is 13.1. The summed E-state index contributed by atoms with van der Waals surface area (Å²) in [5.41, 5.74) is 0. The lowest BCUT2D eigenvalue weighted by Crippen LogP contribution is -2.61. The summed E-state index contributed by atoms with van der Waals surface area (Å²) in [6.45, 7) is 3.53. The first-order valence-corrected chi connectivity index (χ1v) is 28.5. The number of hydrogen-bond acceptors (Lipinski definition) is 14. The van der Waals surface area contributed by atoms with Crippen molar-refractivity contribution in [2.45, 2.75) is 261 Å². The Morgan fingerprint density at radius 1 is 0.466 bits per heavy atom. The van der Waals surface area contributed by atoms with E-state index in [1.54, 1.807) is 0 Å². The molecule has 2 aliphatic heterocycles. The molecule has 11 atom stereocenters. The molecule has 0 aromatic carbocycles. The highest BCUT2D eigenvalue weighted by molar-refractivity contribution is 5.69. The number of rotatable bonds is 45. The SMILES string of the molecule is CC/C=C\C/C=C\C/C=C\CCCCCCCCCC(=O)OC(COCCCCCCCCC/C=C\C/C=C\C/C=C\CCCCCCC)COC1OC(COC2OC(CO)C(O)C(O)C2O)C(O)C(O)C1O. The third-order valence-electron chi connectivity index (χ3n) is 13.2. The largest absolute Gasteiger partial charge is 0.457 e. The zero-order valence-electron chi connectivity index (χ0n) is 45.1. The van der Waals surface area contributed by atoms with E-state index >= 15 is 0 Å². The fraction of sp³-hybridized carbons (Fsp3) is 0.780. The highest BCUT2D eigenvalue weighted by atomic mass is 16.7. The second-order valence-electron chi connectivity index (χ2n) is 19.7. The smallest absolute Gasteiger partial charge is 0.306 e. The Balaban J connectivity index is 1.73. The summed E-state index contributed by atoms with van der Waals surface area (Å²) < 4.78 is 34.4. The van der Waals surface area contributed by atoms with Crippen molar-refractivity contribution in [1.29, 1.82) is 0 Å². The lowest BCUT2D eigenvalue weighted by Gasteiger charge is -2.42. The number of carbonyl (C=O) groups excluding carboxylic acids is 1. The van der Waals surface area contributed by atoms with E-state index in [4.69, 9.17) is 28.4 Å². The van der Waals surface area contributed by atoms with E-state index in [1.807, 2.05) is 0 Å². The molecule has 0 aromatic heterocycles. The summed E-state index contributed by atoms with van der Waals surface area (Å²) in [6, 6.07) is 0. The molecule has 0 bridgehead atoms. The van der Waals surface area contributed by atoms with Crippen molar-refractivity contribution in [2.24, 2.45) is 0 Å². The molecule has 2 rings (SSSR count). The maximum atomic E-state index is 13.1. The van der Waals surface area contributed by atoms with Gasteiger partial charge in [0.05, 0.1) is 26.4 Å². The fourth-order valence-corrected chi connectivity index (χ4v) is 8.60. The minimum Gasteiger partial charge on any atom is -0.457 e. The lowest BCUT2D eigenvalue weighted by atomic mass is 9.98. The highest BCUT2D eigenvalue weighted by Gasteiger charge is 2.47. The average Bonchev–Trinajstić information content (AvgIpc) is 3.39. The first-order chi connectivity index (χ1) is 35.6. The van der Waals surface area contributed by atoms with Gasteiger partial charge in [-0.25, -0.2) is 0 Å². The van der Waals surface area contributed by atoms with Gasteiger partial charge >= 0.3 is 5.97 Å². The molecule has 14 nitrogen and oxygen atoms in total. The van der Waals surface area contributed by atoms with Gasteiger partial charge in [-0.3, -0.25) is 4.79 Å². The molecule has 7 N–H and O–H groups in total. The van der Waals surface area contributed by atoms with Crippen molar-refractivity contribution in [3.63, 3.8) is 0 Å². The Kier molecular flexibility index (Phi) is 41.6. The van der Waals surface area contributed by atoms with Crippen LogP contribution in [0.2, 0.25) is 0 Å². The Hall–Kier alpha value is -2.57. The van der Waals surface area contributed by atoms with Gasteiger partial charge in [0.15, 0.2) is 12.6 Å². The van der Waals surface area contributed by atoms with E-state index in [0.717, 1.165) is 89.9 Å². The lowest BCUT2D eigenvalue weighted by molar-refractivity contribution is -0.332. The number of unbranched alkanes of at least 4 members (excludes halogenated alkanes) is 19. The molecule has 422 valence electrons. The summed E-state index contributed by atoms with van der Waals surface area (Å²) in [6.07, 6.45) is 41.0. The van der Waals surface area contributed by atoms with E-state index in [-0.39, 0.29) is 19.6 Å². The first-order valence-electron chi connectivity index (χ1n) is 28.5. The molecule has 14 heteroatoms. The van der Waals surface area contributed by atoms with Crippen LogP contribution in [-0.4, -0.2) is 142 Å². The summed E-state index contributed by atoms with van der Waals surface area (Å²) in [5, 5.41) is 72.3. The molecule has 0 spiro atoms. The van der Waals surface area contributed by atoms with Gasteiger partial charge in [0.2, 0.25) is 0 Å².